The summed E-state index contributed by atoms with van der Waals surface area (Å²) in [5.41, 5.74) is 2.63. The lowest BCUT2D eigenvalue weighted by atomic mass is 9.84. The van der Waals surface area contributed by atoms with Crippen molar-refractivity contribution in [1.82, 2.24) is 10.6 Å². The van der Waals surface area contributed by atoms with Crippen LogP contribution in [0, 0.1) is 5.41 Å². The van der Waals surface area contributed by atoms with E-state index < -0.39 is 0 Å². The molecule has 30 heavy (non-hydrogen) atoms. The number of guanidine groups is 1. The van der Waals surface area contributed by atoms with Gasteiger partial charge in [0.1, 0.15) is 0 Å². The zero-order valence-electron chi connectivity index (χ0n) is 18.0. The van der Waals surface area contributed by atoms with Gasteiger partial charge in [-0.2, -0.15) is 0 Å². The van der Waals surface area contributed by atoms with E-state index in [1.54, 1.807) is 0 Å². The molecule has 0 aliphatic carbocycles. The molecule has 0 amide bonds. The van der Waals surface area contributed by atoms with Crippen LogP contribution in [0.1, 0.15) is 43.2 Å². The molecule has 2 aromatic carbocycles. The Morgan fingerprint density at radius 3 is 2.27 bits per heavy atom. The third-order valence-corrected chi connectivity index (χ3v) is 5.87. The highest BCUT2D eigenvalue weighted by Crippen LogP contribution is 2.32. The summed E-state index contributed by atoms with van der Waals surface area (Å²) in [6.45, 7) is 6.01. The van der Waals surface area contributed by atoms with E-state index in [9.17, 15) is 5.11 Å². The van der Waals surface area contributed by atoms with E-state index in [2.05, 4.69) is 78.2 Å². The van der Waals surface area contributed by atoms with Gasteiger partial charge in [-0.15, -0.1) is 0 Å². The maximum Gasteiger partial charge on any atom is 0.191 e. The number of hydrogen-bond acceptors (Lipinski definition) is 3. The Bertz CT molecular complexity index is 719. The smallest absolute Gasteiger partial charge is 0.191 e. The van der Waals surface area contributed by atoms with Crippen molar-refractivity contribution in [2.45, 2.75) is 32.1 Å². The van der Waals surface area contributed by atoms with Gasteiger partial charge in [0.15, 0.2) is 5.96 Å². The minimum Gasteiger partial charge on any atom is -0.396 e. The Labute approximate surface area is 180 Å². The van der Waals surface area contributed by atoms with E-state index in [0.717, 1.165) is 44.9 Å². The van der Waals surface area contributed by atoms with Crippen LogP contribution in [0.25, 0.3) is 0 Å². The standard InChI is InChI=1S/C25H35N3O2/c1-2-26-24(28-19-25(14-17-29)15-18-30-20-25)27-16-13-23(21-9-5-3-6-10-21)22-11-7-4-8-12-22/h3-12,23,29H,2,13-20H2,1H3,(H2,26,27,28). The van der Waals surface area contributed by atoms with Crippen molar-refractivity contribution < 1.29 is 9.84 Å². The summed E-state index contributed by atoms with van der Waals surface area (Å²) in [4.78, 5) is 4.83. The number of ether oxygens (including phenoxy) is 1. The fourth-order valence-electron chi connectivity index (χ4n) is 4.11. The van der Waals surface area contributed by atoms with Crippen molar-refractivity contribution in [3.8, 4) is 0 Å². The maximum absolute atomic E-state index is 9.44. The number of hydrogen-bond donors (Lipinski definition) is 3. The van der Waals surface area contributed by atoms with Gasteiger partial charge in [-0.3, -0.25) is 4.99 Å². The zero-order valence-corrected chi connectivity index (χ0v) is 18.0. The topological polar surface area (TPSA) is 65.9 Å². The van der Waals surface area contributed by atoms with Gasteiger partial charge >= 0.3 is 0 Å². The third kappa shape index (κ3) is 6.31. The van der Waals surface area contributed by atoms with Gasteiger partial charge < -0.3 is 20.5 Å². The van der Waals surface area contributed by atoms with Crippen molar-refractivity contribution in [2.75, 3.05) is 39.5 Å². The highest BCUT2D eigenvalue weighted by Gasteiger charge is 2.34. The highest BCUT2D eigenvalue weighted by atomic mass is 16.5. The summed E-state index contributed by atoms with van der Waals surface area (Å²) in [7, 11) is 0. The molecule has 1 fully saturated rings. The second-order valence-electron chi connectivity index (χ2n) is 8.06. The molecule has 3 N–H and O–H groups in total. The SMILES string of the molecule is CCNC(=NCC1(CCO)CCOC1)NCCC(c1ccccc1)c1ccccc1. The summed E-state index contributed by atoms with van der Waals surface area (Å²) < 4.78 is 5.59. The van der Waals surface area contributed by atoms with Crippen LogP contribution in [0.3, 0.4) is 0 Å². The van der Waals surface area contributed by atoms with E-state index >= 15 is 0 Å². The lowest BCUT2D eigenvalue weighted by Gasteiger charge is -2.25. The van der Waals surface area contributed by atoms with E-state index in [1.807, 2.05) is 0 Å². The first kappa shape index (κ1) is 22.3. The number of aliphatic hydroxyl groups excluding tert-OH is 1. The quantitative estimate of drug-likeness (QED) is 0.415. The van der Waals surface area contributed by atoms with Crippen molar-refractivity contribution in [2.24, 2.45) is 10.4 Å². The number of aliphatic imine (C=N–C) groups is 1. The number of nitrogens with zero attached hydrogens (tertiary/aromatic N) is 1. The predicted octanol–water partition coefficient (Wildman–Crippen LogP) is 3.55. The number of benzene rings is 2. The van der Waals surface area contributed by atoms with Crippen molar-refractivity contribution in [3.05, 3.63) is 71.8 Å². The Balaban J connectivity index is 1.64. The molecule has 1 atom stereocenters. The van der Waals surface area contributed by atoms with Crippen LogP contribution in [0.4, 0.5) is 0 Å². The van der Waals surface area contributed by atoms with Crippen LogP contribution in [-0.4, -0.2) is 50.5 Å². The number of rotatable bonds is 10. The Morgan fingerprint density at radius 2 is 1.73 bits per heavy atom. The summed E-state index contributed by atoms with van der Waals surface area (Å²) in [6, 6.07) is 21.4. The minimum absolute atomic E-state index is 0.0340. The molecule has 1 saturated heterocycles. The van der Waals surface area contributed by atoms with E-state index in [0.29, 0.717) is 19.1 Å². The molecule has 0 saturated carbocycles. The largest absolute Gasteiger partial charge is 0.396 e. The molecule has 0 bridgehead atoms. The lowest BCUT2D eigenvalue weighted by molar-refractivity contribution is 0.131. The molecule has 0 spiro atoms. The normalized spacial score (nSPS) is 19.2. The second-order valence-corrected chi connectivity index (χ2v) is 8.06. The Kier molecular flexibility index (Phi) is 8.72. The van der Waals surface area contributed by atoms with Crippen LogP contribution in [0.15, 0.2) is 65.7 Å². The molecule has 5 heteroatoms. The van der Waals surface area contributed by atoms with Gasteiger partial charge in [0.05, 0.1) is 13.2 Å². The number of aliphatic hydroxyl groups is 1. The van der Waals surface area contributed by atoms with Gasteiger partial charge in [-0.05, 0) is 37.3 Å². The fourth-order valence-corrected chi connectivity index (χ4v) is 4.11. The second kappa shape index (κ2) is 11.7. The maximum atomic E-state index is 9.44. The van der Waals surface area contributed by atoms with Crippen molar-refractivity contribution >= 4 is 5.96 Å². The van der Waals surface area contributed by atoms with Crippen LogP contribution < -0.4 is 10.6 Å². The van der Waals surface area contributed by atoms with Crippen LogP contribution in [0.2, 0.25) is 0 Å². The fraction of sp³-hybridized carbons (Fsp3) is 0.480. The highest BCUT2D eigenvalue weighted by molar-refractivity contribution is 5.79. The first-order valence-corrected chi connectivity index (χ1v) is 11.1. The van der Waals surface area contributed by atoms with Gasteiger partial charge in [0.25, 0.3) is 0 Å². The molecule has 1 heterocycles. The van der Waals surface area contributed by atoms with Crippen LogP contribution in [0.5, 0.6) is 0 Å². The third-order valence-electron chi connectivity index (χ3n) is 5.87. The molecule has 0 aromatic heterocycles. The molecular weight excluding hydrogens is 374 g/mol. The molecule has 3 rings (SSSR count). The Hall–Kier alpha value is -2.37. The Morgan fingerprint density at radius 1 is 1.07 bits per heavy atom. The molecule has 1 unspecified atom stereocenters. The minimum atomic E-state index is -0.0340. The van der Waals surface area contributed by atoms with Gasteiger partial charge in [-0.25, -0.2) is 0 Å². The van der Waals surface area contributed by atoms with Gasteiger partial charge in [0.2, 0.25) is 0 Å². The molecule has 162 valence electrons. The van der Waals surface area contributed by atoms with Crippen LogP contribution >= 0.6 is 0 Å². The zero-order chi connectivity index (χ0) is 21.1. The first-order chi connectivity index (χ1) is 14.8. The molecule has 5 nitrogen and oxygen atoms in total. The average molecular weight is 410 g/mol. The van der Waals surface area contributed by atoms with Gasteiger partial charge in [0, 0.05) is 37.6 Å². The lowest BCUT2D eigenvalue weighted by Crippen LogP contribution is -2.39. The van der Waals surface area contributed by atoms with E-state index in [4.69, 9.17) is 9.73 Å². The summed E-state index contributed by atoms with van der Waals surface area (Å²) in [5.74, 6) is 1.17. The molecule has 1 aliphatic heterocycles. The van der Waals surface area contributed by atoms with E-state index in [1.165, 1.54) is 11.1 Å². The molecule has 2 aromatic rings. The summed E-state index contributed by atoms with van der Waals surface area (Å²) in [6.07, 6.45) is 2.67. The molecule has 1 aliphatic rings. The first-order valence-electron chi connectivity index (χ1n) is 11.1. The molecular formula is C25H35N3O2. The summed E-state index contributed by atoms with van der Waals surface area (Å²) >= 11 is 0. The predicted molar refractivity (Wildman–Crippen MR) is 123 cm³/mol. The van der Waals surface area contributed by atoms with Gasteiger partial charge in [-0.1, -0.05) is 60.7 Å². The molecule has 0 radical (unpaired) electrons. The van der Waals surface area contributed by atoms with Crippen molar-refractivity contribution in [3.63, 3.8) is 0 Å². The number of nitrogens with one attached hydrogen (secondary N) is 2. The van der Waals surface area contributed by atoms with Crippen LogP contribution in [-0.2, 0) is 4.74 Å². The summed E-state index contributed by atoms with van der Waals surface area (Å²) in [5, 5.41) is 16.3. The monoisotopic (exact) mass is 409 g/mol. The van der Waals surface area contributed by atoms with E-state index in [-0.39, 0.29) is 12.0 Å². The average Bonchev–Trinajstić information content (AvgIpc) is 3.25. The van der Waals surface area contributed by atoms with Crippen molar-refractivity contribution in [1.29, 1.82) is 0 Å².